The SMILES string of the molecule is COC(C[C@@H]1[C@@H]([C@@H](C)O)C(=O)N1[C@@H](C)c1ccccc1)OC. The first-order chi connectivity index (χ1) is 10.5. The minimum Gasteiger partial charge on any atom is -0.393 e. The van der Waals surface area contributed by atoms with Crippen LogP contribution in [0.5, 0.6) is 0 Å². The minimum atomic E-state index is -0.675. The number of methoxy groups -OCH3 is 2. The van der Waals surface area contributed by atoms with E-state index in [9.17, 15) is 9.90 Å². The average Bonchev–Trinajstić information content (AvgIpc) is 2.51. The Balaban J connectivity index is 2.19. The van der Waals surface area contributed by atoms with Crippen molar-refractivity contribution in [2.24, 2.45) is 5.92 Å². The highest BCUT2D eigenvalue weighted by Gasteiger charge is 2.52. The van der Waals surface area contributed by atoms with Crippen LogP contribution in [0.2, 0.25) is 0 Å². The maximum Gasteiger partial charge on any atom is 0.231 e. The number of carbonyl (C=O) groups excluding carboxylic acids is 1. The number of carbonyl (C=O) groups is 1. The van der Waals surface area contributed by atoms with Gasteiger partial charge in [0.1, 0.15) is 0 Å². The molecule has 2 rings (SSSR count). The molecule has 1 aromatic carbocycles. The summed E-state index contributed by atoms with van der Waals surface area (Å²) >= 11 is 0. The third kappa shape index (κ3) is 3.16. The van der Waals surface area contributed by atoms with E-state index in [-0.39, 0.29) is 30.2 Å². The molecule has 0 bridgehead atoms. The lowest BCUT2D eigenvalue weighted by Crippen LogP contribution is -2.65. The summed E-state index contributed by atoms with van der Waals surface area (Å²) in [5.74, 6) is -0.402. The molecule has 4 atom stereocenters. The average molecular weight is 307 g/mol. The van der Waals surface area contributed by atoms with Crippen molar-refractivity contribution in [2.45, 2.75) is 44.7 Å². The van der Waals surface area contributed by atoms with Gasteiger partial charge in [-0.1, -0.05) is 30.3 Å². The van der Waals surface area contributed by atoms with Crippen LogP contribution in [-0.2, 0) is 14.3 Å². The summed E-state index contributed by atoms with van der Waals surface area (Å²) in [6.07, 6.45) is -0.512. The minimum absolute atomic E-state index is 0.0118. The summed E-state index contributed by atoms with van der Waals surface area (Å²) in [6, 6.07) is 9.77. The molecule has 1 aliphatic heterocycles. The van der Waals surface area contributed by atoms with Crippen LogP contribution in [-0.4, -0.2) is 48.6 Å². The van der Waals surface area contributed by atoms with Crippen molar-refractivity contribution in [2.75, 3.05) is 14.2 Å². The summed E-state index contributed by atoms with van der Waals surface area (Å²) in [5.41, 5.74) is 1.08. The molecule has 1 aromatic rings. The second-order valence-corrected chi connectivity index (χ2v) is 5.80. The zero-order chi connectivity index (χ0) is 16.3. The fraction of sp³-hybridized carbons (Fsp3) is 0.588. The molecule has 0 radical (unpaired) electrons. The Kier molecular flexibility index (Phi) is 5.56. The molecule has 1 heterocycles. The predicted molar refractivity (Wildman–Crippen MR) is 83.1 cm³/mol. The van der Waals surface area contributed by atoms with Crippen LogP contribution in [0.1, 0.15) is 31.9 Å². The lowest BCUT2D eigenvalue weighted by atomic mass is 9.79. The van der Waals surface area contributed by atoms with Gasteiger partial charge in [-0.05, 0) is 19.4 Å². The van der Waals surface area contributed by atoms with Gasteiger partial charge in [0.15, 0.2) is 6.29 Å². The number of aliphatic hydroxyl groups excluding tert-OH is 1. The van der Waals surface area contributed by atoms with Gasteiger partial charge in [0.25, 0.3) is 0 Å². The molecule has 5 heteroatoms. The Bertz CT molecular complexity index is 487. The highest BCUT2D eigenvalue weighted by atomic mass is 16.7. The molecule has 1 fully saturated rings. The summed E-state index contributed by atoms with van der Waals surface area (Å²) < 4.78 is 10.5. The molecule has 1 amide bonds. The van der Waals surface area contributed by atoms with Crippen LogP contribution >= 0.6 is 0 Å². The number of hydrogen-bond acceptors (Lipinski definition) is 4. The Hall–Kier alpha value is -1.43. The maximum absolute atomic E-state index is 12.5. The number of ether oxygens (including phenoxy) is 2. The van der Waals surface area contributed by atoms with Crippen molar-refractivity contribution in [1.29, 1.82) is 0 Å². The number of amides is 1. The Morgan fingerprint density at radius 2 is 1.77 bits per heavy atom. The molecule has 1 aliphatic rings. The van der Waals surface area contributed by atoms with Crippen molar-refractivity contribution in [3.63, 3.8) is 0 Å². The van der Waals surface area contributed by atoms with E-state index in [1.165, 1.54) is 0 Å². The van der Waals surface area contributed by atoms with Gasteiger partial charge >= 0.3 is 0 Å². The van der Waals surface area contributed by atoms with Crippen LogP contribution in [0.4, 0.5) is 0 Å². The molecule has 0 spiro atoms. The van der Waals surface area contributed by atoms with E-state index in [1.54, 1.807) is 21.1 Å². The lowest BCUT2D eigenvalue weighted by molar-refractivity contribution is -0.182. The first-order valence-electron chi connectivity index (χ1n) is 7.62. The summed E-state index contributed by atoms with van der Waals surface area (Å²) in [4.78, 5) is 14.3. The smallest absolute Gasteiger partial charge is 0.231 e. The van der Waals surface area contributed by atoms with Crippen molar-refractivity contribution in [3.8, 4) is 0 Å². The van der Waals surface area contributed by atoms with Crippen molar-refractivity contribution in [3.05, 3.63) is 35.9 Å². The topological polar surface area (TPSA) is 59.0 Å². The van der Waals surface area contributed by atoms with Crippen LogP contribution in [0, 0.1) is 5.92 Å². The number of nitrogens with zero attached hydrogens (tertiary/aromatic N) is 1. The molecule has 1 saturated heterocycles. The number of hydrogen-bond donors (Lipinski definition) is 1. The van der Waals surface area contributed by atoms with Gasteiger partial charge in [-0.25, -0.2) is 0 Å². The van der Waals surface area contributed by atoms with Crippen molar-refractivity contribution in [1.82, 2.24) is 4.90 Å². The number of benzene rings is 1. The highest BCUT2D eigenvalue weighted by molar-refractivity contribution is 5.87. The lowest BCUT2D eigenvalue weighted by Gasteiger charge is -2.52. The second-order valence-electron chi connectivity index (χ2n) is 5.80. The summed E-state index contributed by atoms with van der Waals surface area (Å²) in [7, 11) is 3.16. The molecular weight excluding hydrogens is 282 g/mol. The van der Waals surface area contributed by atoms with Gasteiger partial charge in [0.2, 0.25) is 5.91 Å². The normalized spacial score (nSPS) is 24.3. The van der Waals surface area contributed by atoms with E-state index >= 15 is 0 Å². The first kappa shape index (κ1) is 16.9. The van der Waals surface area contributed by atoms with Gasteiger partial charge in [-0.2, -0.15) is 0 Å². The molecule has 0 unspecified atom stereocenters. The predicted octanol–water partition coefficient (Wildman–Crippen LogP) is 1.96. The van der Waals surface area contributed by atoms with Gasteiger partial charge in [0.05, 0.1) is 24.1 Å². The van der Waals surface area contributed by atoms with Crippen LogP contribution in [0.25, 0.3) is 0 Å². The van der Waals surface area contributed by atoms with Gasteiger partial charge in [-0.3, -0.25) is 4.79 Å². The van der Waals surface area contributed by atoms with Gasteiger partial charge in [0, 0.05) is 20.6 Å². The molecule has 122 valence electrons. The van der Waals surface area contributed by atoms with E-state index in [4.69, 9.17) is 9.47 Å². The third-order valence-electron chi connectivity index (χ3n) is 4.49. The fourth-order valence-electron chi connectivity index (χ4n) is 3.24. The quantitative estimate of drug-likeness (QED) is 0.618. The largest absolute Gasteiger partial charge is 0.393 e. The fourth-order valence-corrected chi connectivity index (χ4v) is 3.24. The maximum atomic E-state index is 12.5. The van der Waals surface area contributed by atoms with E-state index in [1.807, 2.05) is 42.2 Å². The van der Waals surface area contributed by atoms with Crippen LogP contribution in [0.15, 0.2) is 30.3 Å². The summed E-state index contributed by atoms with van der Waals surface area (Å²) in [6.45, 7) is 3.67. The van der Waals surface area contributed by atoms with Gasteiger partial charge < -0.3 is 19.5 Å². The number of likely N-dealkylation sites (tertiary alicyclic amines) is 1. The second kappa shape index (κ2) is 7.22. The Morgan fingerprint density at radius 3 is 2.27 bits per heavy atom. The number of aliphatic hydroxyl groups is 1. The zero-order valence-corrected chi connectivity index (χ0v) is 13.6. The third-order valence-corrected chi connectivity index (χ3v) is 4.49. The molecular formula is C17H25NO4. The van der Waals surface area contributed by atoms with Crippen molar-refractivity contribution < 1.29 is 19.4 Å². The van der Waals surface area contributed by atoms with E-state index in [0.29, 0.717) is 6.42 Å². The Morgan fingerprint density at radius 1 is 1.18 bits per heavy atom. The number of β-lactam (4-membered cyclic amide) rings is 1. The molecule has 0 aromatic heterocycles. The van der Waals surface area contributed by atoms with E-state index < -0.39 is 6.10 Å². The molecule has 0 aliphatic carbocycles. The van der Waals surface area contributed by atoms with Crippen LogP contribution < -0.4 is 0 Å². The molecule has 0 saturated carbocycles. The Labute approximate surface area is 131 Å². The van der Waals surface area contributed by atoms with Crippen LogP contribution in [0.3, 0.4) is 0 Å². The zero-order valence-electron chi connectivity index (χ0n) is 13.6. The van der Waals surface area contributed by atoms with E-state index in [2.05, 4.69) is 0 Å². The van der Waals surface area contributed by atoms with Gasteiger partial charge in [-0.15, -0.1) is 0 Å². The van der Waals surface area contributed by atoms with Crippen molar-refractivity contribution >= 4 is 5.91 Å². The standard InChI is InChI=1S/C17H25NO4/c1-11(13-8-6-5-7-9-13)18-14(10-15(21-3)22-4)16(12(2)19)17(18)20/h5-9,11-12,14-16,19H,10H2,1-4H3/t11-,12+,14+,16+/m0/s1. The highest BCUT2D eigenvalue weighted by Crippen LogP contribution is 2.39. The number of rotatable bonds is 7. The van der Waals surface area contributed by atoms with E-state index in [0.717, 1.165) is 5.56 Å². The molecule has 1 N–H and O–H groups in total. The first-order valence-corrected chi connectivity index (χ1v) is 7.62. The summed E-state index contributed by atoms with van der Waals surface area (Å²) in [5, 5.41) is 9.91. The molecule has 5 nitrogen and oxygen atoms in total. The monoisotopic (exact) mass is 307 g/mol. The molecule has 22 heavy (non-hydrogen) atoms.